The zero-order valence-electron chi connectivity index (χ0n) is 22.8. The molecule has 0 heterocycles. The van der Waals surface area contributed by atoms with Gasteiger partial charge in [-0.05, 0) is 130 Å². The molecule has 0 fully saturated rings. The number of allylic oxidation sites excluding steroid dienone is 4. The van der Waals surface area contributed by atoms with E-state index in [-0.39, 0.29) is 0 Å². The Morgan fingerprint density at radius 2 is 1.51 bits per heavy atom. The van der Waals surface area contributed by atoms with Crippen LogP contribution in [0.4, 0.5) is 13.2 Å². The van der Waals surface area contributed by atoms with E-state index < -0.39 is 11.7 Å². The van der Waals surface area contributed by atoms with Gasteiger partial charge < -0.3 is 0 Å². The van der Waals surface area contributed by atoms with Gasteiger partial charge in [0.15, 0.2) is 0 Å². The maximum Gasteiger partial charge on any atom is 0.417 e. The SMILES string of the molecule is C=CC(=C)C(CCC)CC/C(C)=C(\C)c1cc(C(F)(F)F)c(-c2cc(C)c(C)cc2C)c(C)c1C. The van der Waals surface area contributed by atoms with Crippen molar-refractivity contribution in [1.82, 2.24) is 0 Å². The highest BCUT2D eigenvalue weighted by Gasteiger charge is 2.36. The van der Waals surface area contributed by atoms with E-state index in [4.69, 9.17) is 0 Å². The predicted octanol–water partition coefficient (Wildman–Crippen LogP) is 10.6. The number of alkyl halides is 3. The van der Waals surface area contributed by atoms with Crippen molar-refractivity contribution in [3.8, 4) is 11.1 Å². The molecule has 1 unspecified atom stereocenters. The number of halogens is 3. The van der Waals surface area contributed by atoms with Gasteiger partial charge in [0.25, 0.3) is 0 Å². The zero-order valence-corrected chi connectivity index (χ0v) is 22.8. The Kier molecular flexibility index (Phi) is 9.39. The molecule has 0 amide bonds. The first-order valence-electron chi connectivity index (χ1n) is 12.5. The third-order valence-corrected chi connectivity index (χ3v) is 7.65. The summed E-state index contributed by atoms with van der Waals surface area (Å²) in [6.07, 6.45) is 1.22. The van der Waals surface area contributed by atoms with Crippen LogP contribution in [0.2, 0.25) is 0 Å². The van der Waals surface area contributed by atoms with Crippen LogP contribution in [0.5, 0.6) is 0 Å². The first-order chi connectivity index (χ1) is 16.2. The van der Waals surface area contributed by atoms with Gasteiger partial charge in [0.05, 0.1) is 5.56 Å². The summed E-state index contributed by atoms with van der Waals surface area (Å²) in [4.78, 5) is 0. The molecular weight excluding hydrogens is 441 g/mol. The second-order valence-electron chi connectivity index (χ2n) is 10.1. The van der Waals surface area contributed by atoms with E-state index in [1.54, 1.807) is 0 Å². The minimum atomic E-state index is -4.45. The quantitative estimate of drug-likeness (QED) is 0.312. The summed E-state index contributed by atoms with van der Waals surface area (Å²) in [5, 5.41) is 0. The van der Waals surface area contributed by atoms with E-state index >= 15 is 0 Å². The fourth-order valence-corrected chi connectivity index (χ4v) is 4.94. The Morgan fingerprint density at radius 3 is 2.06 bits per heavy atom. The van der Waals surface area contributed by atoms with Crippen molar-refractivity contribution in [3.63, 3.8) is 0 Å². The second kappa shape index (κ2) is 11.5. The fraction of sp³-hybridized carbons (Fsp3) is 0.438. The van der Waals surface area contributed by atoms with Crippen LogP contribution >= 0.6 is 0 Å². The first-order valence-corrected chi connectivity index (χ1v) is 12.5. The van der Waals surface area contributed by atoms with Gasteiger partial charge in [0.1, 0.15) is 0 Å². The summed E-state index contributed by atoms with van der Waals surface area (Å²) in [6.45, 7) is 23.7. The van der Waals surface area contributed by atoms with Gasteiger partial charge in [-0.1, -0.05) is 55.9 Å². The molecule has 0 aliphatic heterocycles. The van der Waals surface area contributed by atoms with Gasteiger partial charge in [-0.2, -0.15) is 13.2 Å². The number of rotatable bonds is 9. The van der Waals surface area contributed by atoms with E-state index in [9.17, 15) is 13.2 Å². The lowest BCUT2D eigenvalue weighted by Crippen LogP contribution is -2.12. The molecule has 0 radical (unpaired) electrons. The highest BCUT2D eigenvalue weighted by molar-refractivity contribution is 5.81. The average molecular weight is 483 g/mol. The largest absolute Gasteiger partial charge is 0.417 e. The Balaban J connectivity index is 2.65. The predicted molar refractivity (Wildman–Crippen MR) is 146 cm³/mol. The van der Waals surface area contributed by atoms with Crippen LogP contribution in [-0.2, 0) is 6.18 Å². The Morgan fingerprint density at radius 1 is 0.914 bits per heavy atom. The molecule has 0 saturated heterocycles. The number of hydrogen-bond donors (Lipinski definition) is 0. The maximum absolute atomic E-state index is 14.4. The van der Waals surface area contributed by atoms with Crippen molar-refractivity contribution in [3.05, 3.63) is 87.5 Å². The lowest BCUT2D eigenvalue weighted by molar-refractivity contribution is -0.137. The van der Waals surface area contributed by atoms with Gasteiger partial charge in [0, 0.05) is 0 Å². The lowest BCUT2D eigenvalue weighted by Gasteiger charge is -2.24. The molecule has 0 spiro atoms. The summed E-state index contributed by atoms with van der Waals surface area (Å²) < 4.78 is 43.3. The molecule has 3 heteroatoms. The Hall–Kier alpha value is -2.55. The number of hydrogen-bond acceptors (Lipinski definition) is 0. The van der Waals surface area contributed by atoms with Crippen LogP contribution in [0.25, 0.3) is 16.7 Å². The summed E-state index contributed by atoms with van der Waals surface area (Å²) in [5.41, 5.74) is 8.72. The zero-order chi connectivity index (χ0) is 26.7. The molecule has 2 aromatic carbocycles. The molecule has 35 heavy (non-hydrogen) atoms. The molecule has 1 atom stereocenters. The molecule has 0 saturated carbocycles. The van der Waals surface area contributed by atoms with Gasteiger partial charge in [-0.25, -0.2) is 0 Å². The molecule has 0 aromatic heterocycles. The fourth-order valence-electron chi connectivity index (χ4n) is 4.94. The normalized spacial score (nSPS) is 13.5. The second-order valence-corrected chi connectivity index (χ2v) is 10.1. The highest BCUT2D eigenvalue weighted by atomic mass is 19.4. The molecule has 0 aliphatic carbocycles. The molecule has 2 rings (SSSR count). The topological polar surface area (TPSA) is 0 Å². The van der Waals surface area contributed by atoms with Crippen molar-refractivity contribution >= 4 is 5.57 Å². The van der Waals surface area contributed by atoms with Crippen molar-refractivity contribution in [2.24, 2.45) is 5.92 Å². The van der Waals surface area contributed by atoms with Gasteiger partial charge in [-0.15, -0.1) is 0 Å². The Bertz CT molecular complexity index is 1140. The van der Waals surface area contributed by atoms with E-state index in [0.717, 1.165) is 64.7 Å². The van der Waals surface area contributed by atoms with E-state index in [0.29, 0.717) is 28.2 Å². The maximum atomic E-state index is 14.4. The minimum Gasteiger partial charge on any atom is -0.166 e. The molecule has 190 valence electrons. The summed E-state index contributed by atoms with van der Waals surface area (Å²) >= 11 is 0. The number of benzene rings is 2. The summed E-state index contributed by atoms with van der Waals surface area (Å²) in [7, 11) is 0. The van der Waals surface area contributed by atoms with Crippen LogP contribution in [0.15, 0.2) is 48.6 Å². The summed E-state index contributed by atoms with van der Waals surface area (Å²) in [5.74, 6) is 0.351. The van der Waals surface area contributed by atoms with Crippen molar-refractivity contribution in [2.45, 2.75) is 87.2 Å². The standard InChI is InChI=1S/C32H41F3/c1-11-13-27(19(3)12-2)15-14-20(4)24(8)29-18-30(32(33,34)35)31(26(10)25(29)9)28-17-22(6)21(5)16-23(28)7/h12,16-18,27H,2-3,11,13-15H2,1,4-10H3/b24-20+. The number of aryl methyl sites for hydroxylation is 3. The third kappa shape index (κ3) is 6.37. The Labute approximate surface area is 210 Å². The molecular formula is C32H41F3. The van der Waals surface area contributed by atoms with Crippen LogP contribution < -0.4 is 0 Å². The van der Waals surface area contributed by atoms with E-state index in [2.05, 4.69) is 20.1 Å². The van der Waals surface area contributed by atoms with Gasteiger partial charge >= 0.3 is 6.18 Å². The molecule has 0 bridgehead atoms. The smallest absolute Gasteiger partial charge is 0.166 e. The van der Waals surface area contributed by atoms with E-state index in [1.807, 2.05) is 66.7 Å². The molecule has 2 aromatic rings. The third-order valence-electron chi connectivity index (χ3n) is 7.65. The van der Waals surface area contributed by atoms with Crippen LogP contribution in [0.1, 0.15) is 85.4 Å². The molecule has 0 N–H and O–H groups in total. The van der Waals surface area contributed by atoms with Crippen molar-refractivity contribution < 1.29 is 13.2 Å². The minimum absolute atomic E-state index is 0.301. The first kappa shape index (κ1) is 28.7. The van der Waals surface area contributed by atoms with Gasteiger partial charge in [0.2, 0.25) is 0 Å². The molecule has 0 nitrogen and oxygen atoms in total. The lowest BCUT2D eigenvalue weighted by atomic mass is 9.83. The monoisotopic (exact) mass is 482 g/mol. The van der Waals surface area contributed by atoms with Crippen LogP contribution in [0, 0.1) is 40.5 Å². The van der Waals surface area contributed by atoms with Crippen LogP contribution in [-0.4, -0.2) is 0 Å². The highest BCUT2D eigenvalue weighted by Crippen LogP contribution is 2.44. The van der Waals surface area contributed by atoms with Gasteiger partial charge in [-0.3, -0.25) is 0 Å². The average Bonchev–Trinajstić information content (AvgIpc) is 2.79. The van der Waals surface area contributed by atoms with Crippen molar-refractivity contribution in [2.75, 3.05) is 0 Å². The van der Waals surface area contributed by atoms with Crippen molar-refractivity contribution in [1.29, 1.82) is 0 Å². The summed E-state index contributed by atoms with van der Waals surface area (Å²) in [6, 6.07) is 5.25. The molecule has 0 aliphatic rings. The van der Waals surface area contributed by atoms with Crippen LogP contribution in [0.3, 0.4) is 0 Å². The van der Waals surface area contributed by atoms with E-state index in [1.165, 1.54) is 6.07 Å².